The molecule has 5 heteroatoms. The predicted molar refractivity (Wildman–Crippen MR) is 116 cm³/mol. The van der Waals surface area contributed by atoms with E-state index in [0.29, 0.717) is 11.3 Å². The van der Waals surface area contributed by atoms with Gasteiger partial charge in [-0.15, -0.1) is 0 Å². The summed E-state index contributed by atoms with van der Waals surface area (Å²) in [6, 6.07) is 16.0. The number of hydrogen-bond donors (Lipinski definition) is 1. The second-order valence-electron chi connectivity index (χ2n) is 7.49. The highest BCUT2D eigenvalue weighted by molar-refractivity contribution is 6.96. The van der Waals surface area contributed by atoms with Crippen LogP contribution in [0.25, 0.3) is 11.3 Å². The van der Waals surface area contributed by atoms with Crippen LogP contribution in [0.1, 0.15) is 16.7 Å². The zero-order valence-electron chi connectivity index (χ0n) is 16.6. The molecule has 0 bridgehead atoms. The third-order valence-corrected chi connectivity index (χ3v) is 5.31. The maximum Gasteiger partial charge on any atom is 0.242 e. The average Bonchev–Trinajstić information content (AvgIpc) is 3.19. The van der Waals surface area contributed by atoms with E-state index in [1.54, 1.807) is 24.4 Å². The van der Waals surface area contributed by atoms with Gasteiger partial charge in [0.1, 0.15) is 11.6 Å². The molecule has 4 aromatic rings. The molecule has 0 saturated carbocycles. The van der Waals surface area contributed by atoms with Crippen LogP contribution in [0.2, 0.25) is 0 Å². The number of nitrogens with zero attached hydrogens (tertiary/aromatic N) is 1. The summed E-state index contributed by atoms with van der Waals surface area (Å²) in [4.78, 5) is 6.99. The average molecular weight is 386 g/mol. The van der Waals surface area contributed by atoms with Gasteiger partial charge < -0.3 is 4.98 Å². The van der Waals surface area contributed by atoms with Crippen LogP contribution < -0.4 is 16.4 Å². The number of aromatic nitrogens is 2. The van der Waals surface area contributed by atoms with Gasteiger partial charge in [0.25, 0.3) is 0 Å². The van der Waals surface area contributed by atoms with Crippen molar-refractivity contribution in [1.29, 1.82) is 0 Å². The van der Waals surface area contributed by atoms with Crippen molar-refractivity contribution in [3.05, 3.63) is 95.4 Å². The molecule has 0 atom stereocenters. The minimum absolute atomic E-state index is 0.269. The summed E-state index contributed by atoms with van der Waals surface area (Å²) in [5, 5.41) is 0. The number of aromatic amines is 1. The van der Waals surface area contributed by atoms with E-state index in [2.05, 4.69) is 42.9 Å². The monoisotopic (exact) mass is 386 g/mol. The van der Waals surface area contributed by atoms with Crippen molar-refractivity contribution in [2.24, 2.45) is 0 Å². The van der Waals surface area contributed by atoms with Crippen molar-refractivity contribution in [2.75, 3.05) is 0 Å². The van der Waals surface area contributed by atoms with Gasteiger partial charge in [-0.2, -0.15) is 0 Å². The van der Waals surface area contributed by atoms with Crippen LogP contribution >= 0.6 is 0 Å². The van der Waals surface area contributed by atoms with Crippen LogP contribution in [0.15, 0.2) is 67.1 Å². The van der Waals surface area contributed by atoms with Gasteiger partial charge in [-0.3, -0.25) is 0 Å². The van der Waals surface area contributed by atoms with Gasteiger partial charge in [0.05, 0.1) is 12.0 Å². The molecule has 144 valence electrons. The first-order valence-corrected chi connectivity index (χ1v) is 9.56. The molecule has 0 spiro atoms. The minimum atomic E-state index is -0.349. The number of halogens is 2. The first-order chi connectivity index (χ1) is 13.9. The van der Waals surface area contributed by atoms with Gasteiger partial charge >= 0.3 is 0 Å². The van der Waals surface area contributed by atoms with Gasteiger partial charge in [-0.25, -0.2) is 13.8 Å². The van der Waals surface area contributed by atoms with Crippen LogP contribution in [-0.2, 0) is 0 Å². The van der Waals surface area contributed by atoms with Crippen LogP contribution in [-0.4, -0.2) is 16.7 Å². The van der Waals surface area contributed by atoms with E-state index >= 15 is 4.39 Å². The second-order valence-corrected chi connectivity index (χ2v) is 7.49. The molecule has 1 aromatic heterocycles. The molecule has 0 fully saturated rings. The van der Waals surface area contributed by atoms with Crippen molar-refractivity contribution >= 4 is 23.1 Å². The zero-order valence-corrected chi connectivity index (χ0v) is 16.6. The quantitative estimate of drug-likeness (QED) is 0.531. The molecule has 0 aliphatic rings. The Morgan fingerprint density at radius 1 is 0.862 bits per heavy atom. The molecule has 0 aliphatic carbocycles. The lowest BCUT2D eigenvalue weighted by Gasteiger charge is -2.21. The van der Waals surface area contributed by atoms with Crippen molar-refractivity contribution in [3.63, 3.8) is 0 Å². The Hall–Kier alpha value is -3.21. The minimum Gasteiger partial charge on any atom is -0.351 e. The lowest BCUT2D eigenvalue weighted by atomic mass is 9.35. The first kappa shape index (κ1) is 19.1. The summed E-state index contributed by atoms with van der Waals surface area (Å²) in [7, 11) is 0. The topological polar surface area (TPSA) is 28.7 Å². The summed E-state index contributed by atoms with van der Waals surface area (Å²) in [5.74, 6) is -0.651. The fourth-order valence-corrected chi connectivity index (χ4v) is 4.18. The maximum atomic E-state index is 15.0. The van der Waals surface area contributed by atoms with E-state index in [0.717, 1.165) is 27.5 Å². The fourth-order valence-electron chi connectivity index (χ4n) is 4.18. The van der Waals surface area contributed by atoms with E-state index in [9.17, 15) is 4.39 Å². The fraction of sp³-hybridized carbons (Fsp3) is 0.125. The third-order valence-electron chi connectivity index (χ3n) is 5.31. The molecular weight excluding hydrogens is 365 g/mol. The number of rotatable bonds is 4. The van der Waals surface area contributed by atoms with E-state index in [-0.39, 0.29) is 18.3 Å². The highest BCUT2D eigenvalue weighted by atomic mass is 19.1. The van der Waals surface area contributed by atoms with E-state index in [1.807, 2.05) is 12.1 Å². The molecule has 2 nitrogen and oxygen atoms in total. The van der Waals surface area contributed by atoms with Gasteiger partial charge in [0, 0.05) is 11.8 Å². The Kier molecular flexibility index (Phi) is 5.06. The Bertz CT molecular complexity index is 1150. The Balaban J connectivity index is 1.91. The molecule has 3 aromatic carbocycles. The lowest BCUT2D eigenvalue weighted by molar-refractivity contribution is 0.629. The Morgan fingerprint density at radius 2 is 1.59 bits per heavy atom. The number of nitrogens with one attached hydrogen (secondary N) is 1. The van der Waals surface area contributed by atoms with Gasteiger partial charge in [-0.05, 0) is 39.0 Å². The molecular formula is C24H21BF2N2. The van der Waals surface area contributed by atoms with Crippen LogP contribution in [0.3, 0.4) is 0 Å². The number of hydrogen-bond acceptors (Lipinski definition) is 1. The molecule has 1 heterocycles. The van der Waals surface area contributed by atoms with Crippen LogP contribution in [0.4, 0.5) is 8.78 Å². The number of imidazole rings is 1. The number of aryl methyl sites for hydroxylation is 3. The predicted octanol–water partition coefficient (Wildman–Crippen LogP) is 3.80. The summed E-state index contributed by atoms with van der Waals surface area (Å²) in [6.45, 7) is 5.89. The summed E-state index contributed by atoms with van der Waals surface area (Å²) in [6.07, 6.45) is 3.19. The standard InChI is InChI=1S/C24H21BF2N2/c1-15-9-16(2)24(17(3)10-15)25(18-5-4-6-20(26)11-18)19-7-8-21(22(27)12-19)23-13-28-14-29-23/h4-14H,1-3H3,(H,28,29). The van der Waals surface area contributed by atoms with Crippen molar-refractivity contribution < 1.29 is 8.78 Å². The van der Waals surface area contributed by atoms with Crippen molar-refractivity contribution in [3.8, 4) is 11.3 Å². The molecule has 0 unspecified atom stereocenters. The van der Waals surface area contributed by atoms with Crippen LogP contribution in [0, 0.1) is 32.4 Å². The molecule has 0 radical (unpaired) electrons. The van der Waals surface area contributed by atoms with Gasteiger partial charge in [0.15, 0.2) is 0 Å². The largest absolute Gasteiger partial charge is 0.351 e. The first-order valence-electron chi connectivity index (χ1n) is 9.56. The maximum absolute atomic E-state index is 15.0. The van der Waals surface area contributed by atoms with E-state index < -0.39 is 0 Å². The summed E-state index contributed by atoms with van der Waals surface area (Å²) < 4.78 is 29.1. The van der Waals surface area contributed by atoms with Gasteiger partial charge in [-0.1, -0.05) is 69.5 Å². The number of H-pyrrole nitrogens is 1. The normalized spacial score (nSPS) is 10.9. The smallest absolute Gasteiger partial charge is 0.242 e. The molecule has 1 N–H and O–H groups in total. The molecule has 0 amide bonds. The molecule has 0 aliphatic heterocycles. The summed E-state index contributed by atoms with van der Waals surface area (Å²) >= 11 is 0. The van der Waals surface area contributed by atoms with Crippen molar-refractivity contribution in [2.45, 2.75) is 20.8 Å². The van der Waals surface area contributed by atoms with E-state index in [1.165, 1.54) is 24.0 Å². The highest BCUT2D eigenvalue weighted by Crippen LogP contribution is 2.19. The Labute approximate surface area is 169 Å². The van der Waals surface area contributed by atoms with E-state index in [4.69, 9.17) is 0 Å². The molecule has 29 heavy (non-hydrogen) atoms. The third kappa shape index (κ3) is 3.73. The van der Waals surface area contributed by atoms with Crippen LogP contribution in [0.5, 0.6) is 0 Å². The zero-order chi connectivity index (χ0) is 20.5. The number of benzene rings is 3. The lowest BCUT2D eigenvalue weighted by Crippen LogP contribution is -2.54. The van der Waals surface area contributed by atoms with Crippen molar-refractivity contribution in [1.82, 2.24) is 9.97 Å². The molecule has 4 rings (SSSR count). The Morgan fingerprint density at radius 3 is 2.21 bits per heavy atom. The highest BCUT2D eigenvalue weighted by Gasteiger charge is 2.26. The van der Waals surface area contributed by atoms with Gasteiger partial charge in [0.2, 0.25) is 6.71 Å². The SMILES string of the molecule is Cc1cc(C)c(B(c2cccc(F)c2)c2ccc(-c3c[nH]cn3)c(F)c2)c(C)c1. The molecule has 0 saturated heterocycles. The second kappa shape index (κ2) is 7.67. The summed E-state index contributed by atoms with van der Waals surface area (Å²) in [5.41, 5.74) is 7.02.